The molecule has 2 atom stereocenters. The molecule has 0 aliphatic carbocycles. The van der Waals surface area contributed by atoms with E-state index >= 15 is 0 Å². The summed E-state index contributed by atoms with van der Waals surface area (Å²) in [4.78, 5) is 10.2. The van der Waals surface area contributed by atoms with Crippen molar-refractivity contribution in [3.63, 3.8) is 0 Å². The van der Waals surface area contributed by atoms with Gasteiger partial charge in [0.25, 0.3) is 0 Å². The number of nitrogens with one attached hydrogen (secondary N) is 1. The van der Waals surface area contributed by atoms with Crippen LogP contribution in [0.15, 0.2) is 5.16 Å². The lowest BCUT2D eigenvalue weighted by atomic mass is 10.1. The number of nitrogens with zero attached hydrogens (tertiary/aromatic N) is 1. The molecule has 0 aromatic carbocycles. The maximum absolute atomic E-state index is 10.2. The van der Waals surface area contributed by atoms with E-state index in [0.717, 1.165) is 0 Å². The highest BCUT2D eigenvalue weighted by Crippen LogP contribution is 1.98. The molecule has 2 unspecified atom stereocenters. The minimum Gasteiger partial charge on any atom is -0.465 e. The largest absolute Gasteiger partial charge is 0.465 e. The van der Waals surface area contributed by atoms with Gasteiger partial charge in [-0.2, -0.15) is 0 Å². The van der Waals surface area contributed by atoms with Gasteiger partial charge in [0.15, 0.2) is 5.84 Å². The second kappa shape index (κ2) is 5.20. The standard InChI is InChI=1S/C6H13N3O4/c1-2-3(8-6(11)12)4(10)5(7)9-13/h3-4,8,10,13H,2H2,1H3,(H2,7,9)(H,11,12). The van der Waals surface area contributed by atoms with Crippen molar-refractivity contribution < 1.29 is 20.2 Å². The molecule has 0 saturated heterocycles. The summed E-state index contributed by atoms with van der Waals surface area (Å²) in [5.74, 6) is -0.416. The molecule has 0 bridgehead atoms. The van der Waals surface area contributed by atoms with E-state index in [-0.39, 0.29) is 0 Å². The topological polar surface area (TPSA) is 128 Å². The fourth-order valence-corrected chi connectivity index (χ4v) is 0.828. The first-order valence-electron chi connectivity index (χ1n) is 3.67. The molecule has 0 fully saturated rings. The highest BCUT2D eigenvalue weighted by Gasteiger charge is 2.22. The molecule has 0 heterocycles. The molecule has 6 N–H and O–H groups in total. The van der Waals surface area contributed by atoms with Crippen LogP contribution in [0.5, 0.6) is 0 Å². The first kappa shape index (κ1) is 11.5. The number of hydrogen-bond donors (Lipinski definition) is 5. The quantitative estimate of drug-likeness (QED) is 0.171. The highest BCUT2D eigenvalue weighted by atomic mass is 16.4. The number of aliphatic hydroxyl groups is 1. The van der Waals surface area contributed by atoms with Crippen molar-refractivity contribution in [2.24, 2.45) is 10.9 Å². The van der Waals surface area contributed by atoms with Gasteiger partial charge in [0.05, 0.1) is 6.04 Å². The van der Waals surface area contributed by atoms with Gasteiger partial charge >= 0.3 is 6.09 Å². The predicted molar refractivity (Wildman–Crippen MR) is 44.7 cm³/mol. The Hall–Kier alpha value is -1.50. The molecular formula is C6H13N3O4. The van der Waals surface area contributed by atoms with Gasteiger partial charge in [-0.1, -0.05) is 12.1 Å². The fraction of sp³-hybridized carbons (Fsp3) is 0.667. The van der Waals surface area contributed by atoms with Crippen molar-refractivity contribution in [2.75, 3.05) is 0 Å². The normalized spacial score (nSPS) is 16.3. The maximum Gasteiger partial charge on any atom is 0.404 e. The molecule has 13 heavy (non-hydrogen) atoms. The van der Waals surface area contributed by atoms with Crippen LogP contribution in [-0.2, 0) is 0 Å². The Balaban J connectivity index is 4.31. The third-order valence-electron chi connectivity index (χ3n) is 1.55. The number of carboxylic acid groups (broad SMARTS) is 1. The summed E-state index contributed by atoms with van der Waals surface area (Å²) < 4.78 is 0. The van der Waals surface area contributed by atoms with E-state index in [1.54, 1.807) is 6.92 Å². The number of nitrogens with two attached hydrogens (primary N) is 1. The van der Waals surface area contributed by atoms with Crippen LogP contribution < -0.4 is 11.1 Å². The molecule has 0 spiro atoms. The van der Waals surface area contributed by atoms with Gasteiger partial charge < -0.3 is 26.5 Å². The van der Waals surface area contributed by atoms with E-state index < -0.39 is 24.1 Å². The van der Waals surface area contributed by atoms with E-state index in [2.05, 4.69) is 5.16 Å². The lowest BCUT2D eigenvalue weighted by molar-refractivity contribution is 0.155. The summed E-state index contributed by atoms with van der Waals surface area (Å²) in [5, 5.41) is 30.5. The average Bonchev–Trinajstić information content (AvgIpc) is 2.11. The number of amides is 1. The summed E-state index contributed by atoms with van der Waals surface area (Å²) in [6.45, 7) is 1.66. The van der Waals surface area contributed by atoms with Gasteiger partial charge in [-0.25, -0.2) is 4.79 Å². The molecule has 0 saturated carbocycles. The predicted octanol–water partition coefficient (Wildman–Crippen LogP) is -0.860. The van der Waals surface area contributed by atoms with E-state index in [0.29, 0.717) is 6.42 Å². The van der Waals surface area contributed by atoms with Gasteiger partial charge in [0.1, 0.15) is 6.10 Å². The Bertz CT molecular complexity index is 206. The Morgan fingerprint density at radius 3 is 2.54 bits per heavy atom. The first-order valence-corrected chi connectivity index (χ1v) is 3.67. The monoisotopic (exact) mass is 191 g/mol. The van der Waals surface area contributed by atoms with Crippen LogP contribution in [0, 0.1) is 0 Å². The average molecular weight is 191 g/mol. The second-order valence-electron chi connectivity index (χ2n) is 2.43. The van der Waals surface area contributed by atoms with E-state index in [1.807, 2.05) is 5.32 Å². The molecule has 7 heteroatoms. The minimum absolute atomic E-state index is 0.337. The Morgan fingerprint density at radius 1 is 1.69 bits per heavy atom. The van der Waals surface area contributed by atoms with Gasteiger partial charge in [-0.15, -0.1) is 0 Å². The molecule has 0 radical (unpaired) electrons. The van der Waals surface area contributed by atoms with Crippen LogP contribution in [0.25, 0.3) is 0 Å². The first-order chi connectivity index (χ1) is 6.02. The molecular weight excluding hydrogens is 178 g/mol. The lowest BCUT2D eigenvalue weighted by Crippen LogP contribution is -2.48. The van der Waals surface area contributed by atoms with Gasteiger partial charge in [0, 0.05) is 0 Å². The molecule has 7 nitrogen and oxygen atoms in total. The minimum atomic E-state index is -1.31. The van der Waals surface area contributed by atoms with Crippen LogP contribution in [0.4, 0.5) is 4.79 Å². The number of carbonyl (C=O) groups is 1. The van der Waals surface area contributed by atoms with Crippen molar-refractivity contribution in [2.45, 2.75) is 25.5 Å². The van der Waals surface area contributed by atoms with E-state index in [1.165, 1.54) is 0 Å². The molecule has 0 aliphatic rings. The van der Waals surface area contributed by atoms with Crippen LogP contribution in [-0.4, -0.2) is 39.5 Å². The summed E-state index contributed by atoms with van der Waals surface area (Å²) in [5.41, 5.74) is 5.09. The Kier molecular flexibility index (Phi) is 4.60. The zero-order valence-corrected chi connectivity index (χ0v) is 7.14. The fourth-order valence-electron chi connectivity index (χ4n) is 0.828. The van der Waals surface area contributed by atoms with Crippen molar-refractivity contribution in [1.29, 1.82) is 0 Å². The molecule has 76 valence electrons. The summed E-state index contributed by atoms with van der Waals surface area (Å²) in [7, 11) is 0. The van der Waals surface area contributed by atoms with E-state index in [9.17, 15) is 9.90 Å². The third kappa shape index (κ3) is 3.61. The molecule has 0 aromatic rings. The number of rotatable bonds is 4. The van der Waals surface area contributed by atoms with Gasteiger partial charge in [0.2, 0.25) is 0 Å². The SMILES string of the molecule is CCC(NC(=O)O)C(O)/C(N)=N\O. The number of amidine groups is 1. The van der Waals surface area contributed by atoms with Crippen molar-refractivity contribution in [3.8, 4) is 0 Å². The summed E-state index contributed by atoms with van der Waals surface area (Å²) >= 11 is 0. The third-order valence-corrected chi connectivity index (χ3v) is 1.55. The van der Waals surface area contributed by atoms with Crippen LogP contribution in [0.3, 0.4) is 0 Å². The number of hydrogen-bond acceptors (Lipinski definition) is 4. The second-order valence-corrected chi connectivity index (χ2v) is 2.43. The summed E-state index contributed by atoms with van der Waals surface area (Å²) in [6.07, 6.45) is -2.24. The van der Waals surface area contributed by atoms with Crippen LogP contribution in [0.2, 0.25) is 0 Å². The lowest BCUT2D eigenvalue weighted by Gasteiger charge is -2.19. The molecule has 0 aliphatic heterocycles. The van der Waals surface area contributed by atoms with Crippen LogP contribution >= 0.6 is 0 Å². The van der Waals surface area contributed by atoms with E-state index in [4.69, 9.17) is 16.0 Å². The smallest absolute Gasteiger partial charge is 0.404 e. The Labute approximate surface area is 74.8 Å². The van der Waals surface area contributed by atoms with Gasteiger partial charge in [-0.05, 0) is 6.42 Å². The Morgan fingerprint density at radius 2 is 2.23 bits per heavy atom. The molecule has 1 amide bonds. The number of oxime groups is 1. The van der Waals surface area contributed by atoms with Crippen molar-refractivity contribution in [3.05, 3.63) is 0 Å². The highest BCUT2D eigenvalue weighted by molar-refractivity contribution is 5.85. The zero-order valence-electron chi connectivity index (χ0n) is 7.14. The van der Waals surface area contributed by atoms with Gasteiger partial charge in [-0.3, -0.25) is 0 Å². The maximum atomic E-state index is 10.2. The zero-order chi connectivity index (χ0) is 10.4. The number of aliphatic hydroxyl groups excluding tert-OH is 1. The van der Waals surface area contributed by atoms with Crippen LogP contribution in [0.1, 0.15) is 13.3 Å². The molecule has 0 aromatic heterocycles. The summed E-state index contributed by atoms with van der Waals surface area (Å²) in [6, 6.07) is -0.770. The van der Waals surface area contributed by atoms with Crippen molar-refractivity contribution in [1.82, 2.24) is 5.32 Å². The van der Waals surface area contributed by atoms with Crippen molar-refractivity contribution >= 4 is 11.9 Å². The molecule has 0 rings (SSSR count).